The van der Waals surface area contributed by atoms with Crippen LogP contribution in [0.1, 0.15) is 38.7 Å². The average Bonchev–Trinajstić information content (AvgIpc) is 2.63. The Kier molecular flexibility index (Phi) is 5.49. The summed E-state index contributed by atoms with van der Waals surface area (Å²) in [6, 6.07) is 4.79. The maximum Gasteiger partial charge on any atom is 0.130 e. The second kappa shape index (κ2) is 7.14. The van der Waals surface area contributed by atoms with Gasteiger partial charge >= 0.3 is 0 Å². The molecule has 1 N–H and O–H groups in total. The van der Waals surface area contributed by atoms with Gasteiger partial charge < -0.3 is 10.2 Å². The standard InChI is InChI=1S/C16H24F2N2/c1-12(2)20-8-3-4-15(7-9-20)19-11-13-5-6-14(17)10-16(13)18/h5-6,10,12,15,19H,3-4,7-9,11H2,1-2H3. The number of rotatable bonds is 4. The Morgan fingerprint density at radius 3 is 2.75 bits per heavy atom. The van der Waals surface area contributed by atoms with Crippen molar-refractivity contribution in [1.82, 2.24) is 10.2 Å². The van der Waals surface area contributed by atoms with Crippen molar-refractivity contribution in [3.63, 3.8) is 0 Å². The minimum atomic E-state index is -0.520. The lowest BCUT2D eigenvalue weighted by molar-refractivity contribution is 0.229. The fourth-order valence-electron chi connectivity index (χ4n) is 2.76. The molecule has 1 atom stereocenters. The van der Waals surface area contributed by atoms with Crippen LogP contribution in [-0.2, 0) is 6.54 Å². The highest BCUT2D eigenvalue weighted by atomic mass is 19.1. The van der Waals surface area contributed by atoms with Gasteiger partial charge in [-0.3, -0.25) is 0 Å². The van der Waals surface area contributed by atoms with E-state index in [4.69, 9.17) is 0 Å². The largest absolute Gasteiger partial charge is 0.310 e. The molecule has 0 radical (unpaired) electrons. The predicted octanol–water partition coefficient (Wildman–Crippen LogP) is 3.32. The average molecular weight is 282 g/mol. The van der Waals surface area contributed by atoms with Crippen molar-refractivity contribution in [3.8, 4) is 0 Å². The topological polar surface area (TPSA) is 15.3 Å². The van der Waals surface area contributed by atoms with Crippen LogP contribution in [0.3, 0.4) is 0 Å². The molecule has 2 nitrogen and oxygen atoms in total. The molecule has 1 aliphatic heterocycles. The van der Waals surface area contributed by atoms with E-state index in [0.29, 0.717) is 24.2 Å². The third-order valence-electron chi connectivity index (χ3n) is 4.09. The van der Waals surface area contributed by atoms with E-state index >= 15 is 0 Å². The molecular weight excluding hydrogens is 258 g/mol. The van der Waals surface area contributed by atoms with Crippen molar-refractivity contribution in [2.75, 3.05) is 13.1 Å². The quantitative estimate of drug-likeness (QED) is 0.911. The molecule has 1 aromatic rings. The van der Waals surface area contributed by atoms with E-state index in [-0.39, 0.29) is 0 Å². The zero-order valence-corrected chi connectivity index (χ0v) is 12.3. The molecule has 112 valence electrons. The highest BCUT2D eigenvalue weighted by molar-refractivity contribution is 5.18. The Labute approximate surface area is 120 Å². The van der Waals surface area contributed by atoms with Crippen molar-refractivity contribution in [3.05, 3.63) is 35.4 Å². The Morgan fingerprint density at radius 1 is 1.25 bits per heavy atom. The number of nitrogens with zero attached hydrogens (tertiary/aromatic N) is 1. The molecule has 1 heterocycles. The number of benzene rings is 1. The molecule has 1 aromatic carbocycles. The summed E-state index contributed by atoms with van der Waals surface area (Å²) in [6.45, 7) is 7.14. The molecule has 1 aliphatic rings. The summed E-state index contributed by atoms with van der Waals surface area (Å²) in [5.74, 6) is -0.983. The van der Waals surface area contributed by atoms with Crippen molar-refractivity contribution >= 4 is 0 Å². The number of likely N-dealkylation sites (tertiary alicyclic amines) is 1. The summed E-state index contributed by atoms with van der Waals surface area (Å²) in [5, 5.41) is 3.41. The Balaban J connectivity index is 1.85. The van der Waals surface area contributed by atoms with Gasteiger partial charge in [-0.05, 0) is 52.3 Å². The Bertz CT molecular complexity index is 434. The third kappa shape index (κ3) is 4.25. The van der Waals surface area contributed by atoms with Gasteiger partial charge in [0.05, 0.1) is 0 Å². The molecule has 0 bridgehead atoms. The van der Waals surface area contributed by atoms with Crippen molar-refractivity contribution in [1.29, 1.82) is 0 Å². The number of hydrogen-bond donors (Lipinski definition) is 1. The molecule has 0 aliphatic carbocycles. The van der Waals surface area contributed by atoms with Gasteiger partial charge in [-0.1, -0.05) is 6.07 Å². The van der Waals surface area contributed by atoms with Crippen LogP contribution < -0.4 is 5.32 Å². The summed E-state index contributed by atoms with van der Waals surface area (Å²) >= 11 is 0. The Morgan fingerprint density at radius 2 is 2.05 bits per heavy atom. The smallest absolute Gasteiger partial charge is 0.130 e. The minimum Gasteiger partial charge on any atom is -0.310 e. The van der Waals surface area contributed by atoms with Crippen LogP contribution in [0.15, 0.2) is 18.2 Å². The van der Waals surface area contributed by atoms with Crippen LogP contribution in [0, 0.1) is 11.6 Å². The van der Waals surface area contributed by atoms with E-state index < -0.39 is 11.6 Å². The molecule has 0 spiro atoms. The summed E-state index contributed by atoms with van der Waals surface area (Å²) < 4.78 is 26.4. The van der Waals surface area contributed by atoms with Crippen molar-refractivity contribution < 1.29 is 8.78 Å². The van der Waals surface area contributed by atoms with Crippen molar-refractivity contribution in [2.24, 2.45) is 0 Å². The van der Waals surface area contributed by atoms with E-state index in [1.54, 1.807) is 0 Å². The number of halogens is 2. The highest BCUT2D eigenvalue weighted by Gasteiger charge is 2.18. The lowest BCUT2D eigenvalue weighted by Gasteiger charge is -2.24. The fourth-order valence-corrected chi connectivity index (χ4v) is 2.76. The SMILES string of the molecule is CC(C)N1CCCC(NCc2ccc(F)cc2F)CC1. The second-order valence-electron chi connectivity index (χ2n) is 5.87. The number of nitrogens with one attached hydrogen (secondary N) is 1. The van der Waals surface area contributed by atoms with Crippen LogP contribution in [0.25, 0.3) is 0 Å². The molecular formula is C16H24F2N2. The highest BCUT2D eigenvalue weighted by Crippen LogP contribution is 2.15. The van der Waals surface area contributed by atoms with E-state index in [0.717, 1.165) is 32.0 Å². The Hall–Kier alpha value is -1.00. The van der Waals surface area contributed by atoms with E-state index in [1.807, 2.05) is 0 Å². The van der Waals surface area contributed by atoms with Gasteiger partial charge in [-0.2, -0.15) is 0 Å². The fraction of sp³-hybridized carbons (Fsp3) is 0.625. The predicted molar refractivity (Wildman–Crippen MR) is 77.5 cm³/mol. The molecule has 0 amide bonds. The van der Waals surface area contributed by atoms with Gasteiger partial charge in [0, 0.05) is 30.3 Å². The lowest BCUT2D eigenvalue weighted by atomic mass is 10.1. The first-order chi connectivity index (χ1) is 9.56. The molecule has 2 rings (SSSR count). The maximum absolute atomic E-state index is 13.6. The van der Waals surface area contributed by atoms with Gasteiger partial charge in [-0.25, -0.2) is 8.78 Å². The van der Waals surface area contributed by atoms with Gasteiger partial charge in [0.15, 0.2) is 0 Å². The van der Waals surface area contributed by atoms with Crippen LogP contribution in [0.2, 0.25) is 0 Å². The van der Waals surface area contributed by atoms with Crippen LogP contribution >= 0.6 is 0 Å². The van der Waals surface area contributed by atoms with Gasteiger partial charge in [-0.15, -0.1) is 0 Å². The molecule has 1 unspecified atom stereocenters. The van der Waals surface area contributed by atoms with Gasteiger partial charge in [0.25, 0.3) is 0 Å². The molecule has 0 aromatic heterocycles. The van der Waals surface area contributed by atoms with Crippen LogP contribution in [0.5, 0.6) is 0 Å². The van der Waals surface area contributed by atoms with Crippen LogP contribution in [0.4, 0.5) is 8.78 Å². The summed E-state index contributed by atoms with van der Waals surface area (Å²) in [7, 11) is 0. The zero-order valence-electron chi connectivity index (χ0n) is 12.3. The molecule has 1 saturated heterocycles. The summed E-state index contributed by atoms with van der Waals surface area (Å²) in [4.78, 5) is 2.49. The monoisotopic (exact) mass is 282 g/mol. The molecule has 20 heavy (non-hydrogen) atoms. The summed E-state index contributed by atoms with van der Waals surface area (Å²) in [6.07, 6.45) is 3.37. The maximum atomic E-state index is 13.6. The number of hydrogen-bond acceptors (Lipinski definition) is 2. The van der Waals surface area contributed by atoms with E-state index in [1.165, 1.54) is 18.6 Å². The second-order valence-corrected chi connectivity index (χ2v) is 5.87. The van der Waals surface area contributed by atoms with Gasteiger partial charge in [0.1, 0.15) is 11.6 Å². The van der Waals surface area contributed by atoms with E-state index in [9.17, 15) is 8.78 Å². The van der Waals surface area contributed by atoms with Crippen molar-refractivity contribution in [2.45, 2.75) is 51.7 Å². The van der Waals surface area contributed by atoms with E-state index in [2.05, 4.69) is 24.1 Å². The first-order valence-electron chi connectivity index (χ1n) is 7.47. The summed E-state index contributed by atoms with van der Waals surface area (Å²) in [5.41, 5.74) is 0.538. The molecule has 4 heteroatoms. The molecule has 1 fully saturated rings. The van der Waals surface area contributed by atoms with Crippen LogP contribution in [-0.4, -0.2) is 30.1 Å². The minimum absolute atomic E-state index is 0.420. The lowest BCUT2D eigenvalue weighted by Crippen LogP contribution is -2.33. The first-order valence-corrected chi connectivity index (χ1v) is 7.47. The molecule has 0 saturated carbocycles. The van der Waals surface area contributed by atoms with Gasteiger partial charge in [0.2, 0.25) is 0 Å². The first kappa shape index (κ1) is 15.4. The normalized spacial score (nSPS) is 21.1. The zero-order chi connectivity index (χ0) is 14.5. The third-order valence-corrected chi connectivity index (χ3v) is 4.09.